The molecule has 140 valence electrons. The molecule has 1 aliphatic heterocycles. The van der Waals surface area contributed by atoms with Crippen LogP contribution in [-0.4, -0.2) is 21.7 Å². The summed E-state index contributed by atoms with van der Waals surface area (Å²) in [6.07, 6.45) is 3.71. The number of amides is 2. The van der Waals surface area contributed by atoms with Crippen molar-refractivity contribution in [1.82, 2.24) is 15.2 Å². The standard InChI is InChI=1S/C23H21N3O2/c27-21-14-19-8-4-5-9-20(19)22(26(21)16-18-6-2-1-3-7-18)23(28)25-15-17-10-12-24-13-11-17/h1-13,22H,14-16H2,(H,25,28)/t22-/m0/s1. The molecule has 28 heavy (non-hydrogen) atoms. The van der Waals surface area contributed by atoms with Crippen LogP contribution in [0.5, 0.6) is 0 Å². The highest BCUT2D eigenvalue weighted by atomic mass is 16.2. The highest BCUT2D eigenvalue weighted by Crippen LogP contribution is 2.32. The molecule has 3 aromatic rings. The monoisotopic (exact) mass is 371 g/mol. The van der Waals surface area contributed by atoms with Crippen molar-refractivity contribution in [2.24, 2.45) is 0 Å². The van der Waals surface area contributed by atoms with Crippen LogP contribution in [0.3, 0.4) is 0 Å². The van der Waals surface area contributed by atoms with E-state index in [-0.39, 0.29) is 11.8 Å². The van der Waals surface area contributed by atoms with E-state index in [0.29, 0.717) is 19.5 Å². The molecule has 0 aliphatic carbocycles. The second kappa shape index (κ2) is 8.05. The number of carbonyl (C=O) groups is 2. The van der Waals surface area contributed by atoms with Crippen LogP contribution in [0.2, 0.25) is 0 Å². The minimum atomic E-state index is -0.639. The molecule has 1 atom stereocenters. The van der Waals surface area contributed by atoms with E-state index in [2.05, 4.69) is 10.3 Å². The molecular formula is C23H21N3O2. The quantitative estimate of drug-likeness (QED) is 0.750. The summed E-state index contributed by atoms with van der Waals surface area (Å²) < 4.78 is 0. The van der Waals surface area contributed by atoms with E-state index in [4.69, 9.17) is 0 Å². The van der Waals surface area contributed by atoms with Gasteiger partial charge in [0, 0.05) is 25.5 Å². The highest BCUT2D eigenvalue weighted by Gasteiger charge is 2.36. The number of nitrogens with zero attached hydrogens (tertiary/aromatic N) is 2. The maximum Gasteiger partial charge on any atom is 0.247 e. The molecule has 0 saturated carbocycles. The number of hydrogen-bond acceptors (Lipinski definition) is 3. The summed E-state index contributed by atoms with van der Waals surface area (Å²) >= 11 is 0. The van der Waals surface area contributed by atoms with Crippen LogP contribution in [0.1, 0.15) is 28.3 Å². The lowest BCUT2D eigenvalue weighted by atomic mass is 9.91. The van der Waals surface area contributed by atoms with E-state index in [1.54, 1.807) is 17.3 Å². The van der Waals surface area contributed by atoms with E-state index in [1.165, 1.54) is 0 Å². The Morgan fingerprint density at radius 3 is 2.46 bits per heavy atom. The van der Waals surface area contributed by atoms with Gasteiger partial charge in [-0.25, -0.2) is 0 Å². The largest absolute Gasteiger partial charge is 0.350 e. The summed E-state index contributed by atoms with van der Waals surface area (Å²) in [5.74, 6) is -0.208. The third-order valence-corrected chi connectivity index (χ3v) is 4.98. The number of rotatable bonds is 5. The Kier molecular flexibility index (Phi) is 5.15. The van der Waals surface area contributed by atoms with Crippen LogP contribution in [0.25, 0.3) is 0 Å². The molecule has 1 N–H and O–H groups in total. The summed E-state index contributed by atoms with van der Waals surface area (Å²) in [6.45, 7) is 0.800. The van der Waals surface area contributed by atoms with Crippen LogP contribution in [-0.2, 0) is 29.1 Å². The lowest BCUT2D eigenvalue weighted by molar-refractivity contribution is -0.142. The van der Waals surface area contributed by atoms with E-state index >= 15 is 0 Å². The minimum absolute atomic E-state index is 0.0355. The van der Waals surface area contributed by atoms with Gasteiger partial charge in [-0.1, -0.05) is 54.6 Å². The Morgan fingerprint density at radius 1 is 0.964 bits per heavy atom. The third kappa shape index (κ3) is 3.78. The lowest BCUT2D eigenvalue weighted by Gasteiger charge is -2.36. The van der Waals surface area contributed by atoms with Gasteiger partial charge < -0.3 is 10.2 Å². The van der Waals surface area contributed by atoms with Crippen molar-refractivity contribution in [2.75, 3.05) is 0 Å². The van der Waals surface area contributed by atoms with Gasteiger partial charge in [0.25, 0.3) is 0 Å². The Hall–Kier alpha value is -3.47. The second-order valence-electron chi connectivity index (χ2n) is 6.86. The average molecular weight is 371 g/mol. The third-order valence-electron chi connectivity index (χ3n) is 4.98. The van der Waals surface area contributed by atoms with Gasteiger partial charge in [-0.05, 0) is 34.4 Å². The van der Waals surface area contributed by atoms with Gasteiger partial charge in [0.15, 0.2) is 0 Å². The summed E-state index contributed by atoms with van der Waals surface area (Å²) in [6, 6.07) is 20.5. The Morgan fingerprint density at radius 2 is 1.68 bits per heavy atom. The predicted molar refractivity (Wildman–Crippen MR) is 106 cm³/mol. The number of aromatic nitrogens is 1. The summed E-state index contributed by atoms with van der Waals surface area (Å²) in [5.41, 5.74) is 3.78. The van der Waals surface area contributed by atoms with Gasteiger partial charge >= 0.3 is 0 Å². The molecule has 4 rings (SSSR count). The van der Waals surface area contributed by atoms with Crippen LogP contribution in [0.15, 0.2) is 79.1 Å². The maximum atomic E-state index is 13.2. The van der Waals surface area contributed by atoms with Gasteiger partial charge in [0.2, 0.25) is 11.8 Å². The molecule has 5 heteroatoms. The SMILES string of the molecule is O=C(NCc1ccncc1)[C@@H]1c2ccccc2CC(=O)N1Cc1ccccc1. The molecule has 1 aliphatic rings. The first-order chi connectivity index (χ1) is 13.7. The zero-order valence-electron chi connectivity index (χ0n) is 15.4. The molecular weight excluding hydrogens is 350 g/mol. The number of pyridine rings is 1. The van der Waals surface area contributed by atoms with E-state index in [9.17, 15) is 9.59 Å². The summed E-state index contributed by atoms with van der Waals surface area (Å²) in [5, 5.41) is 2.99. The van der Waals surface area contributed by atoms with Crippen LogP contribution >= 0.6 is 0 Å². The first-order valence-corrected chi connectivity index (χ1v) is 9.30. The first kappa shape index (κ1) is 17.9. The van der Waals surface area contributed by atoms with Crippen molar-refractivity contribution in [3.05, 3.63) is 101 Å². The molecule has 0 radical (unpaired) electrons. The van der Waals surface area contributed by atoms with E-state index < -0.39 is 6.04 Å². The maximum absolute atomic E-state index is 13.2. The zero-order chi connectivity index (χ0) is 19.3. The van der Waals surface area contributed by atoms with Gasteiger partial charge in [-0.3, -0.25) is 14.6 Å². The van der Waals surface area contributed by atoms with E-state index in [0.717, 1.165) is 22.3 Å². The topological polar surface area (TPSA) is 62.3 Å². The Bertz CT molecular complexity index is 973. The molecule has 2 amide bonds. The number of fused-ring (bicyclic) bond motifs is 1. The van der Waals surface area contributed by atoms with Gasteiger partial charge in [-0.15, -0.1) is 0 Å². The molecule has 0 unspecified atom stereocenters. The number of carbonyl (C=O) groups excluding carboxylic acids is 2. The van der Waals surface area contributed by atoms with Crippen molar-refractivity contribution in [2.45, 2.75) is 25.6 Å². The molecule has 0 saturated heterocycles. The number of nitrogens with one attached hydrogen (secondary N) is 1. The summed E-state index contributed by atoms with van der Waals surface area (Å²) in [7, 11) is 0. The van der Waals surface area contributed by atoms with Gasteiger partial charge in [0.1, 0.15) is 6.04 Å². The lowest BCUT2D eigenvalue weighted by Crippen LogP contribution is -2.46. The molecule has 5 nitrogen and oxygen atoms in total. The van der Waals surface area contributed by atoms with Crippen LogP contribution in [0, 0.1) is 0 Å². The fraction of sp³-hybridized carbons (Fsp3) is 0.174. The van der Waals surface area contributed by atoms with Crippen molar-refractivity contribution in [1.29, 1.82) is 0 Å². The van der Waals surface area contributed by atoms with E-state index in [1.807, 2.05) is 66.7 Å². The normalized spacial score (nSPS) is 15.8. The smallest absolute Gasteiger partial charge is 0.247 e. The van der Waals surface area contributed by atoms with Crippen molar-refractivity contribution >= 4 is 11.8 Å². The van der Waals surface area contributed by atoms with Crippen LogP contribution < -0.4 is 5.32 Å². The average Bonchev–Trinajstić information content (AvgIpc) is 2.74. The Labute approximate surface area is 164 Å². The summed E-state index contributed by atoms with van der Waals surface area (Å²) in [4.78, 5) is 31.7. The Balaban J connectivity index is 1.62. The number of hydrogen-bond donors (Lipinski definition) is 1. The van der Waals surface area contributed by atoms with Crippen molar-refractivity contribution < 1.29 is 9.59 Å². The van der Waals surface area contributed by atoms with Crippen LogP contribution in [0.4, 0.5) is 0 Å². The van der Waals surface area contributed by atoms with Gasteiger partial charge in [0.05, 0.1) is 6.42 Å². The fourth-order valence-electron chi connectivity index (χ4n) is 3.57. The number of benzene rings is 2. The minimum Gasteiger partial charge on any atom is -0.350 e. The molecule has 2 aromatic carbocycles. The van der Waals surface area contributed by atoms with Crippen molar-refractivity contribution in [3.63, 3.8) is 0 Å². The second-order valence-corrected chi connectivity index (χ2v) is 6.86. The zero-order valence-corrected chi connectivity index (χ0v) is 15.4. The van der Waals surface area contributed by atoms with Crippen molar-refractivity contribution in [3.8, 4) is 0 Å². The molecule has 1 aromatic heterocycles. The first-order valence-electron chi connectivity index (χ1n) is 9.30. The molecule has 0 spiro atoms. The van der Waals surface area contributed by atoms with Gasteiger partial charge in [-0.2, -0.15) is 0 Å². The predicted octanol–water partition coefficient (Wildman–Crippen LogP) is 3.02. The molecule has 0 bridgehead atoms. The molecule has 0 fully saturated rings. The highest BCUT2D eigenvalue weighted by molar-refractivity contribution is 5.92. The molecule has 2 heterocycles. The fourth-order valence-corrected chi connectivity index (χ4v) is 3.57.